The second kappa shape index (κ2) is 4.77. The summed E-state index contributed by atoms with van der Waals surface area (Å²) >= 11 is 0. The maximum Gasteiger partial charge on any atom is 0.0188 e. The standard InChI is InChI=1S/C7H18N2/c1-4-5-9-7(3)6(2)8/h6-7,9H,4-5,8H2,1-3H3. The molecule has 9 heavy (non-hydrogen) atoms. The van der Waals surface area contributed by atoms with Crippen molar-refractivity contribution in [1.29, 1.82) is 0 Å². The molecule has 2 atom stereocenters. The van der Waals surface area contributed by atoms with Crippen molar-refractivity contribution >= 4 is 0 Å². The van der Waals surface area contributed by atoms with Crippen LogP contribution in [0.2, 0.25) is 0 Å². The molecule has 2 heteroatoms. The molecule has 0 saturated carbocycles. The molecule has 0 aliphatic carbocycles. The van der Waals surface area contributed by atoms with Gasteiger partial charge < -0.3 is 11.1 Å². The molecule has 0 fully saturated rings. The third-order valence-electron chi connectivity index (χ3n) is 1.50. The van der Waals surface area contributed by atoms with E-state index in [1.807, 2.05) is 6.92 Å². The van der Waals surface area contributed by atoms with E-state index < -0.39 is 0 Å². The third kappa shape index (κ3) is 4.43. The summed E-state index contributed by atoms with van der Waals surface area (Å²) in [5.74, 6) is 0. The molecule has 2 unspecified atom stereocenters. The van der Waals surface area contributed by atoms with Crippen LogP contribution in [0.4, 0.5) is 0 Å². The van der Waals surface area contributed by atoms with E-state index in [1.54, 1.807) is 0 Å². The largest absolute Gasteiger partial charge is 0.327 e. The maximum absolute atomic E-state index is 5.61. The van der Waals surface area contributed by atoms with Crippen LogP contribution in [-0.2, 0) is 0 Å². The summed E-state index contributed by atoms with van der Waals surface area (Å²) in [4.78, 5) is 0. The molecule has 0 aromatic heterocycles. The lowest BCUT2D eigenvalue weighted by molar-refractivity contribution is 0.478. The fourth-order valence-corrected chi connectivity index (χ4v) is 0.558. The first-order valence-electron chi connectivity index (χ1n) is 3.67. The van der Waals surface area contributed by atoms with Gasteiger partial charge in [-0.15, -0.1) is 0 Å². The molecule has 2 nitrogen and oxygen atoms in total. The Morgan fingerprint density at radius 3 is 2.33 bits per heavy atom. The van der Waals surface area contributed by atoms with Crippen LogP contribution in [-0.4, -0.2) is 18.6 Å². The quantitative estimate of drug-likeness (QED) is 0.588. The Morgan fingerprint density at radius 1 is 1.44 bits per heavy atom. The van der Waals surface area contributed by atoms with Crippen molar-refractivity contribution in [1.82, 2.24) is 5.32 Å². The van der Waals surface area contributed by atoms with Gasteiger partial charge >= 0.3 is 0 Å². The van der Waals surface area contributed by atoms with Crippen LogP contribution < -0.4 is 11.1 Å². The third-order valence-corrected chi connectivity index (χ3v) is 1.50. The summed E-state index contributed by atoms with van der Waals surface area (Å²) in [5.41, 5.74) is 5.61. The lowest BCUT2D eigenvalue weighted by atomic mass is 10.2. The molecule has 0 radical (unpaired) electrons. The van der Waals surface area contributed by atoms with Gasteiger partial charge in [0.1, 0.15) is 0 Å². The van der Waals surface area contributed by atoms with Crippen molar-refractivity contribution in [3.8, 4) is 0 Å². The molecule has 0 bridgehead atoms. The van der Waals surface area contributed by atoms with Gasteiger partial charge in [-0.1, -0.05) is 6.92 Å². The van der Waals surface area contributed by atoms with Crippen LogP contribution in [0, 0.1) is 0 Å². The zero-order valence-electron chi connectivity index (χ0n) is 6.65. The Labute approximate surface area is 57.8 Å². The van der Waals surface area contributed by atoms with Gasteiger partial charge in [-0.05, 0) is 26.8 Å². The number of hydrogen-bond donors (Lipinski definition) is 2. The summed E-state index contributed by atoms with van der Waals surface area (Å²) in [7, 11) is 0. The van der Waals surface area contributed by atoms with Crippen LogP contribution in [0.5, 0.6) is 0 Å². The molecule has 3 N–H and O–H groups in total. The minimum Gasteiger partial charge on any atom is -0.327 e. The van der Waals surface area contributed by atoms with E-state index in [9.17, 15) is 0 Å². The molecule has 56 valence electrons. The second-order valence-electron chi connectivity index (χ2n) is 2.60. The van der Waals surface area contributed by atoms with Gasteiger partial charge in [0.05, 0.1) is 0 Å². The molecular weight excluding hydrogens is 112 g/mol. The predicted octanol–water partition coefficient (Wildman–Crippen LogP) is 0.722. The minimum atomic E-state index is 0.261. The number of rotatable bonds is 4. The molecule has 0 aliphatic heterocycles. The first kappa shape index (κ1) is 8.92. The van der Waals surface area contributed by atoms with Crippen LogP contribution in [0.15, 0.2) is 0 Å². The van der Waals surface area contributed by atoms with Crippen LogP contribution in [0.3, 0.4) is 0 Å². The Balaban J connectivity index is 3.16. The van der Waals surface area contributed by atoms with E-state index >= 15 is 0 Å². The van der Waals surface area contributed by atoms with Crippen LogP contribution in [0.1, 0.15) is 27.2 Å². The maximum atomic E-state index is 5.61. The number of nitrogens with one attached hydrogen (secondary N) is 1. The topological polar surface area (TPSA) is 38.0 Å². The highest BCUT2D eigenvalue weighted by atomic mass is 14.9. The zero-order valence-corrected chi connectivity index (χ0v) is 6.65. The van der Waals surface area contributed by atoms with Crippen LogP contribution in [0.25, 0.3) is 0 Å². The SMILES string of the molecule is CCCNC(C)C(C)N. The van der Waals surface area contributed by atoms with Crippen molar-refractivity contribution in [3.05, 3.63) is 0 Å². The molecule has 0 aliphatic rings. The smallest absolute Gasteiger partial charge is 0.0188 e. The predicted molar refractivity (Wildman–Crippen MR) is 41.4 cm³/mol. The normalized spacial score (nSPS) is 17.3. The Morgan fingerprint density at radius 2 is 2.00 bits per heavy atom. The van der Waals surface area contributed by atoms with E-state index in [2.05, 4.69) is 19.2 Å². The fourth-order valence-electron chi connectivity index (χ4n) is 0.558. The second-order valence-corrected chi connectivity index (χ2v) is 2.60. The van der Waals surface area contributed by atoms with Gasteiger partial charge in [-0.3, -0.25) is 0 Å². The molecule has 0 amide bonds. The van der Waals surface area contributed by atoms with Gasteiger partial charge in [0.2, 0.25) is 0 Å². The van der Waals surface area contributed by atoms with Crippen molar-refractivity contribution in [3.63, 3.8) is 0 Å². The van der Waals surface area contributed by atoms with E-state index in [0.717, 1.165) is 6.54 Å². The van der Waals surface area contributed by atoms with Gasteiger partial charge in [0.25, 0.3) is 0 Å². The summed E-state index contributed by atoms with van der Waals surface area (Å²) in [6, 6.07) is 0.710. The lowest BCUT2D eigenvalue weighted by Gasteiger charge is -2.16. The van der Waals surface area contributed by atoms with E-state index in [0.29, 0.717) is 6.04 Å². The summed E-state index contributed by atoms with van der Waals surface area (Å²) in [6.07, 6.45) is 1.18. The van der Waals surface area contributed by atoms with Crippen molar-refractivity contribution in [2.24, 2.45) is 5.73 Å². The average Bonchev–Trinajstić information content (AvgIpc) is 1.82. The van der Waals surface area contributed by atoms with Gasteiger partial charge in [-0.25, -0.2) is 0 Å². The summed E-state index contributed by atoms with van der Waals surface area (Å²) in [5, 5.41) is 3.31. The van der Waals surface area contributed by atoms with Gasteiger partial charge in [0, 0.05) is 12.1 Å². The highest BCUT2D eigenvalue weighted by molar-refractivity contribution is 4.69. The fraction of sp³-hybridized carbons (Fsp3) is 1.00. The Kier molecular flexibility index (Phi) is 4.72. The Hall–Kier alpha value is -0.0800. The van der Waals surface area contributed by atoms with Crippen molar-refractivity contribution < 1.29 is 0 Å². The highest BCUT2D eigenvalue weighted by Crippen LogP contribution is 1.86. The molecule has 0 rings (SSSR count). The van der Waals surface area contributed by atoms with Crippen molar-refractivity contribution in [2.45, 2.75) is 39.3 Å². The van der Waals surface area contributed by atoms with E-state index in [4.69, 9.17) is 5.73 Å². The minimum absolute atomic E-state index is 0.261. The molecule has 0 aromatic carbocycles. The number of hydrogen-bond acceptors (Lipinski definition) is 2. The lowest BCUT2D eigenvalue weighted by Crippen LogP contribution is -2.41. The van der Waals surface area contributed by atoms with Gasteiger partial charge in [-0.2, -0.15) is 0 Å². The molecular formula is C7H18N2. The van der Waals surface area contributed by atoms with E-state index in [-0.39, 0.29) is 6.04 Å². The summed E-state index contributed by atoms with van der Waals surface area (Å²) in [6.45, 7) is 7.36. The summed E-state index contributed by atoms with van der Waals surface area (Å²) < 4.78 is 0. The molecule has 0 spiro atoms. The molecule has 0 aromatic rings. The highest BCUT2D eigenvalue weighted by Gasteiger charge is 2.03. The average molecular weight is 130 g/mol. The Bertz CT molecular complexity index is 61.9. The van der Waals surface area contributed by atoms with Crippen LogP contribution >= 0.6 is 0 Å². The first-order chi connectivity index (χ1) is 4.18. The van der Waals surface area contributed by atoms with Gasteiger partial charge in [0.15, 0.2) is 0 Å². The number of nitrogens with two attached hydrogens (primary N) is 1. The monoisotopic (exact) mass is 130 g/mol. The van der Waals surface area contributed by atoms with Crippen molar-refractivity contribution in [2.75, 3.05) is 6.54 Å². The molecule has 0 heterocycles. The van der Waals surface area contributed by atoms with E-state index in [1.165, 1.54) is 6.42 Å². The zero-order chi connectivity index (χ0) is 7.28. The molecule has 0 saturated heterocycles. The first-order valence-corrected chi connectivity index (χ1v) is 3.67.